The molecule has 0 unspecified atom stereocenters. The molecule has 1 aliphatic heterocycles. The van der Waals surface area contributed by atoms with Crippen LogP contribution in [0.4, 0.5) is 0 Å². The molecule has 2 aromatic carbocycles. The SMILES string of the molecule is CCOC(=O)[C@]1(c2ccc(Cl)cc2)CCN1S(=O)(=O)c1ccc(C)cc1. The highest BCUT2D eigenvalue weighted by molar-refractivity contribution is 7.89. The average Bonchev–Trinajstić information content (AvgIpc) is 2.56. The maximum absolute atomic E-state index is 13.2. The minimum atomic E-state index is -3.85. The van der Waals surface area contributed by atoms with Gasteiger partial charge in [-0.25, -0.2) is 13.2 Å². The monoisotopic (exact) mass is 393 g/mol. The Balaban J connectivity index is 2.09. The van der Waals surface area contributed by atoms with E-state index in [0.717, 1.165) is 5.56 Å². The molecule has 0 N–H and O–H groups in total. The van der Waals surface area contributed by atoms with E-state index < -0.39 is 21.5 Å². The van der Waals surface area contributed by atoms with E-state index in [1.807, 2.05) is 6.92 Å². The largest absolute Gasteiger partial charge is 0.464 e. The predicted molar refractivity (Wildman–Crippen MR) is 99.5 cm³/mol. The first-order valence-electron chi connectivity index (χ1n) is 8.35. The number of sulfonamides is 1. The topological polar surface area (TPSA) is 63.7 Å². The maximum atomic E-state index is 13.2. The molecule has 1 aliphatic rings. The lowest BCUT2D eigenvalue weighted by atomic mass is 9.80. The van der Waals surface area contributed by atoms with E-state index in [-0.39, 0.29) is 18.0 Å². The fourth-order valence-electron chi connectivity index (χ4n) is 3.18. The van der Waals surface area contributed by atoms with E-state index in [2.05, 4.69) is 0 Å². The zero-order valence-corrected chi connectivity index (χ0v) is 16.2. The summed E-state index contributed by atoms with van der Waals surface area (Å²) in [5.74, 6) is -0.566. The fraction of sp³-hybridized carbons (Fsp3) is 0.316. The second kappa shape index (κ2) is 7.02. The van der Waals surface area contributed by atoms with Crippen LogP contribution in [0.15, 0.2) is 53.4 Å². The number of nitrogens with zero attached hydrogens (tertiary/aromatic N) is 1. The third-order valence-corrected chi connectivity index (χ3v) is 6.84. The molecule has 1 heterocycles. The number of benzene rings is 2. The van der Waals surface area contributed by atoms with Crippen LogP contribution in [0.25, 0.3) is 0 Å². The molecule has 1 fully saturated rings. The Hall–Kier alpha value is -1.89. The van der Waals surface area contributed by atoms with E-state index in [4.69, 9.17) is 16.3 Å². The Kier molecular flexibility index (Phi) is 5.10. The lowest BCUT2D eigenvalue weighted by Crippen LogP contribution is -2.64. The molecule has 0 bridgehead atoms. The first-order valence-corrected chi connectivity index (χ1v) is 10.2. The van der Waals surface area contributed by atoms with Gasteiger partial charge < -0.3 is 4.74 Å². The molecule has 7 heteroatoms. The van der Waals surface area contributed by atoms with Crippen molar-refractivity contribution < 1.29 is 17.9 Å². The molecule has 1 saturated heterocycles. The molecule has 0 saturated carbocycles. The molecule has 0 radical (unpaired) electrons. The van der Waals surface area contributed by atoms with Crippen molar-refractivity contribution in [2.24, 2.45) is 0 Å². The lowest BCUT2D eigenvalue weighted by Gasteiger charge is -2.49. The first kappa shape index (κ1) is 18.9. The van der Waals surface area contributed by atoms with E-state index in [1.165, 1.54) is 4.31 Å². The highest BCUT2D eigenvalue weighted by atomic mass is 35.5. The number of ether oxygens (including phenoxy) is 1. The number of carbonyl (C=O) groups is 1. The quantitative estimate of drug-likeness (QED) is 0.729. The van der Waals surface area contributed by atoms with Crippen LogP contribution in [0.5, 0.6) is 0 Å². The van der Waals surface area contributed by atoms with Crippen molar-refractivity contribution in [3.8, 4) is 0 Å². The molecular weight excluding hydrogens is 374 g/mol. The molecule has 1 atom stereocenters. The van der Waals surface area contributed by atoms with Crippen LogP contribution in [-0.4, -0.2) is 31.8 Å². The van der Waals surface area contributed by atoms with Crippen LogP contribution in [0, 0.1) is 6.92 Å². The molecule has 3 rings (SSSR count). The summed E-state index contributed by atoms with van der Waals surface area (Å²) in [6, 6.07) is 13.2. The van der Waals surface area contributed by atoms with E-state index in [1.54, 1.807) is 55.5 Å². The van der Waals surface area contributed by atoms with Crippen molar-refractivity contribution >= 4 is 27.6 Å². The van der Waals surface area contributed by atoms with Crippen LogP contribution < -0.4 is 0 Å². The van der Waals surface area contributed by atoms with Crippen molar-refractivity contribution in [3.05, 3.63) is 64.7 Å². The molecule has 0 amide bonds. The van der Waals surface area contributed by atoms with Crippen molar-refractivity contribution in [1.82, 2.24) is 4.31 Å². The number of esters is 1. The first-order chi connectivity index (χ1) is 12.3. The van der Waals surface area contributed by atoms with Gasteiger partial charge in [0, 0.05) is 11.6 Å². The number of hydrogen-bond donors (Lipinski definition) is 0. The van der Waals surface area contributed by atoms with Crippen LogP contribution in [0.1, 0.15) is 24.5 Å². The predicted octanol–water partition coefficient (Wildman–Crippen LogP) is 3.50. The van der Waals surface area contributed by atoms with Gasteiger partial charge in [-0.1, -0.05) is 41.4 Å². The number of rotatable bonds is 5. The van der Waals surface area contributed by atoms with Crippen molar-refractivity contribution in [1.29, 1.82) is 0 Å². The minimum absolute atomic E-state index is 0.158. The van der Waals surface area contributed by atoms with Crippen molar-refractivity contribution in [2.75, 3.05) is 13.2 Å². The third kappa shape index (κ3) is 3.02. The Morgan fingerprint density at radius 1 is 1.15 bits per heavy atom. The highest BCUT2D eigenvalue weighted by Crippen LogP contribution is 2.45. The zero-order valence-electron chi connectivity index (χ0n) is 14.6. The lowest BCUT2D eigenvalue weighted by molar-refractivity contribution is -0.162. The minimum Gasteiger partial charge on any atom is -0.464 e. The van der Waals surface area contributed by atoms with Gasteiger partial charge >= 0.3 is 5.97 Å². The summed E-state index contributed by atoms with van der Waals surface area (Å²) in [6.45, 7) is 4.01. The normalized spacial score (nSPS) is 20.4. The van der Waals surface area contributed by atoms with Crippen LogP contribution >= 0.6 is 11.6 Å². The molecule has 26 heavy (non-hydrogen) atoms. The summed E-state index contributed by atoms with van der Waals surface area (Å²) in [7, 11) is -3.85. The van der Waals surface area contributed by atoms with Gasteiger partial charge in [-0.15, -0.1) is 0 Å². The zero-order chi connectivity index (χ0) is 18.9. The number of carbonyl (C=O) groups excluding carboxylic acids is 1. The molecule has 0 spiro atoms. The maximum Gasteiger partial charge on any atom is 0.332 e. The number of aryl methyl sites for hydroxylation is 1. The molecule has 5 nitrogen and oxygen atoms in total. The van der Waals surface area contributed by atoms with Crippen molar-refractivity contribution in [3.63, 3.8) is 0 Å². The van der Waals surface area contributed by atoms with E-state index in [0.29, 0.717) is 17.0 Å². The Morgan fingerprint density at radius 3 is 2.27 bits per heavy atom. The summed E-state index contributed by atoms with van der Waals surface area (Å²) >= 11 is 5.95. The standard InChI is InChI=1S/C19H20ClNO4S/c1-3-25-18(22)19(15-6-8-16(20)9-7-15)12-13-21(19)26(23,24)17-10-4-14(2)5-11-17/h4-11H,3,12-13H2,1-2H3/t19-/m1/s1. The van der Waals surface area contributed by atoms with Gasteiger partial charge in [0.1, 0.15) is 0 Å². The van der Waals surface area contributed by atoms with Gasteiger partial charge in [0.15, 0.2) is 5.54 Å². The fourth-order valence-corrected chi connectivity index (χ4v) is 5.05. The summed E-state index contributed by atoms with van der Waals surface area (Å²) in [6.07, 6.45) is 0.360. The number of halogens is 1. The van der Waals surface area contributed by atoms with Crippen molar-refractivity contribution in [2.45, 2.75) is 30.7 Å². The molecule has 0 aromatic heterocycles. The summed E-state index contributed by atoms with van der Waals surface area (Å²) in [4.78, 5) is 13.0. The Labute approximate surface area is 158 Å². The molecular formula is C19H20ClNO4S. The summed E-state index contributed by atoms with van der Waals surface area (Å²) < 4.78 is 32.8. The van der Waals surface area contributed by atoms with Gasteiger partial charge in [0.25, 0.3) is 0 Å². The van der Waals surface area contributed by atoms with Gasteiger partial charge in [0.2, 0.25) is 10.0 Å². The molecule has 2 aromatic rings. The van der Waals surface area contributed by atoms with Crippen LogP contribution in [-0.2, 0) is 25.1 Å². The summed E-state index contributed by atoms with van der Waals surface area (Å²) in [5, 5.41) is 0.514. The average molecular weight is 394 g/mol. The Morgan fingerprint density at radius 2 is 1.77 bits per heavy atom. The Bertz CT molecular complexity index is 910. The summed E-state index contributed by atoms with van der Waals surface area (Å²) in [5.41, 5.74) is 0.161. The van der Waals surface area contributed by atoms with Gasteiger partial charge in [-0.3, -0.25) is 0 Å². The molecule has 138 valence electrons. The second-order valence-electron chi connectivity index (χ2n) is 6.23. The van der Waals surface area contributed by atoms with Gasteiger partial charge in [-0.05, 0) is 50.1 Å². The van der Waals surface area contributed by atoms with E-state index >= 15 is 0 Å². The third-order valence-electron chi connectivity index (χ3n) is 4.65. The molecule has 0 aliphatic carbocycles. The smallest absolute Gasteiger partial charge is 0.332 e. The van der Waals surface area contributed by atoms with Gasteiger partial charge in [-0.2, -0.15) is 4.31 Å². The highest BCUT2D eigenvalue weighted by Gasteiger charge is 2.59. The van der Waals surface area contributed by atoms with E-state index in [9.17, 15) is 13.2 Å². The van der Waals surface area contributed by atoms with Gasteiger partial charge in [0.05, 0.1) is 11.5 Å². The van der Waals surface area contributed by atoms with Crippen LogP contribution in [0.3, 0.4) is 0 Å². The number of hydrogen-bond acceptors (Lipinski definition) is 4. The van der Waals surface area contributed by atoms with Crippen LogP contribution in [0.2, 0.25) is 5.02 Å². The second-order valence-corrected chi connectivity index (χ2v) is 8.53.